The van der Waals surface area contributed by atoms with Crippen LogP contribution in [0.2, 0.25) is 0 Å². The molecule has 152 valence electrons. The molecule has 0 saturated carbocycles. The number of H-pyrrole nitrogens is 1. The van der Waals surface area contributed by atoms with Gasteiger partial charge >= 0.3 is 0 Å². The number of hydrogen-bond donors (Lipinski definition) is 2. The molecule has 0 fully saturated rings. The summed E-state index contributed by atoms with van der Waals surface area (Å²) in [5, 5.41) is 2.00. The fraction of sp³-hybridized carbons (Fsp3) is 0.400. The Hall–Kier alpha value is -2.61. The van der Waals surface area contributed by atoms with Crippen molar-refractivity contribution in [2.45, 2.75) is 38.2 Å². The van der Waals surface area contributed by atoms with E-state index in [4.69, 9.17) is 9.47 Å². The Kier molecular flexibility index (Phi) is 8.25. The van der Waals surface area contributed by atoms with Crippen LogP contribution in [0.15, 0.2) is 41.3 Å². The lowest BCUT2D eigenvalue weighted by atomic mass is 10.3. The van der Waals surface area contributed by atoms with E-state index < -0.39 is 16.0 Å². The SMILES string of the molecule is CCCOc1c[nH]c(CS(=O)C(C)C(=O)Nc2ccc(OCC)cc2)cc1=O. The van der Waals surface area contributed by atoms with Crippen LogP contribution in [0.1, 0.15) is 32.9 Å². The molecule has 2 rings (SSSR count). The van der Waals surface area contributed by atoms with Crippen molar-refractivity contribution in [3.63, 3.8) is 0 Å². The van der Waals surface area contributed by atoms with Crippen LogP contribution >= 0.6 is 0 Å². The molecule has 0 bridgehead atoms. The minimum Gasteiger partial charge on any atom is -0.494 e. The molecule has 8 heteroatoms. The Labute approximate surface area is 166 Å². The fourth-order valence-electron chi connectivity index (χ4n) is 2.35. The van der Waals surface area contributed by atoms with E-state index >= 15 is 0 Å². The van der Waals surface area contributed by atoms with E-state index in [-0.39, 0.29) is 22.8 Å². The number of benzene rings is 1. The second-order valence-electron chi connectivity index (χ2n) is 6.15. The highest BCUT2D eigenvalue weighted by Crippen LogP contribution is 2.16. The molecule has 2 aromatic rings. The van der Waals surface area contributed by atoms with Gasteiger partial charge in [0, 0.05) is 34.4 Å². The largest absolute Gasteiger partial charge is 0.494 e. The third kappa shape index (κ3) is 6.23. The average molecular weight is 407 g/mol. The molecule has 0 aliphatic heterocycles. The number of anilines is 1. The van der Waals surface area contributed by atoms with Crippen molar-refractivity contribution in [2.24, 2.45) is 0 Å². The summed E-state index contributed by atoms with van der Waals surface area (Å²) in [6.07, 6.45) is 2.27. The number of rotatable bonds is 10. The van der Waals surface area contributed by atoms with Crippen LogP contribution in [0.4, 0.5) is 5.69 Å². The molecule has 0 aliphatic rings. The van der Waals surface area contributed by atoms with E-state index in [1.54, 1.807) is 31.2 Å². The smallest absolute Gasteiger partial charge is 0.239 e. The molecule has 0 spiro atoms. The number of nitrogens with one attached hydrogen (secondary N) is 2. The molecule has 1 aromatic heterocycles. The molecule has 2 N–H and O–H groups in total. The van der Waals surface area contributed by atoms with Crippen molar-refractivity contribution in [2.75, 3.05) is 18.5 Å². The van der Waals surface area contributed by atoms with Gasteiger partial charge in [-0.05, 0) is 44.5 Å². The average Bonchev–Trinajstić information content (AvgIpc) is 2.68. The Balaban J connectivity index is 1.95. The molecule has 2 atom stereocenters. The quantitative estimate of drug-likeness (QED) is 0.632. The highest BCUT2D eigenvalue weighted by Gasteiger charge is 2.21. The first kappa shape index (κ1) is 21.7. The number of aromatic nitrogens is 1. The summed E-state index contributed by atoms with van der Waals surface area (Å²) in [6, 6.07) is 8.33. The van der Waals surface area contributed by atoms with E-state index in [2.05, 4.69) is 10.3 Å². The molecule has 0 aliphatic carbocycles. The van der Waals surface area contributed by atoms with Crippen LogP contribution < -0.4 is 20.2 Å². The lowest BCUT2D eigenvalue weighted by molar-refractivity contribution is -0.115. The molecule has 28 heavy (non-hydrogen) atoms. The second-order valence-corrected chi connectivity index (χ2v) is 7.91. The molecule has 2 unspecified atom stereocenters. The van der Waals surface area contributed by atoms with Gasteiger partial charge in [0.2, 0.25) is 11.3 Å². The monoisotopic (exact) mass is 406 g/mol. The number of carbonyl (C=O) groups excluding carboxylic acids is 1. The third-order valence-corrected chi connectivity index (χ3v) is 5.49. The Morgan fingerprint density at radius 1 is 1.21 bits per heavy atom. The molecule has 0 saturated heterocycles. The van der Waals surface area contributed by atoms with E-state index in [1.165, 1.54) is 12.3 Å². The summed E-state index contributed by atoms with van der Waals surface area (Å²) in [5.74, 6) is 0.666. The highest BCUT2D eigenvalue weighted by atomic mass is 32.2. The topological polar surface area (TPSA) is 97.5 Å². The molecule has 1 heterocycles. The number of carbonyl (C=O) groups is 1. The van der Waals surface area contributed by atoms with Crippen molar-refractivity contribution < 1.29 is 18.5 Å². The Morgan fingerprint density at radius 2 is 1.93 bits per heavy atom. The van der Waals surface area contributed by atoms with Gasteiger partial charge in [-0.25, -0.2) is 0 Å². The van der Waals surface area contributed by atoms with Crippen LogP contribution in [0.3, 0.4) is 0 Å². The van der Waals surface area contributed by atoms with Crippen molar-refractivity contribution in [3.8, 4) is 11.5 Å². The second kappa shape index (κ2) is 10.7. The Bertz CT molecular complexity index is 864. The Morgan fingerprint density at radius 3 is 2.54 bits per heavy atom. The predicted octanol–water partition coefficient (Wildman–Crippen LogP) is 2.84. The zero-order valence-electron chi connectivity index (χ0n) is 16.3. The third-order valence-electron chi connectivity index (χ3n) is 3.89. The number of amides is 1. The van der Waals surface area contributed by atoms with Crippen LogP contribution in [-0.2, 0) is 21.3 Å². The number of aromatic amines is 1. The van der Waals surface area contributed by atoms with Crippen molar-refractivity contribution in [1.29, 1.82) is 0 Å². The van der Waals surface area contributed by atoms with Crippen molar-refractivity contribution >= 4 is 22.4 Å². The number of hydrogen-bond acceptors (Lipinski definition) is 5. The lowest BCUT2D eigenvalue weighted by Gasteiger charge is -2.13. The van der Waals surface area contributed by atoms with E-state index in [1.807, 2.05) is 13.8 Å². The van der Waals surface area contributed by atoms with Gasteiger partial charge in [0.15, 0.2) is 5.75 Å². The van der Waals surface area contributed by atoms with Crippen LogP contribution in [0.25, 0.3) is 0 Å². The number of ether oxygens (including phenoxy) is 2. The summed E-state index contributed by atoms with van der Waals surface area (Å²) >= 11 is 0. The van der Waals surface area contributed by atoms with Gasteiger partial charge in [-0.3, -0.25) is 13.8 Å². The standard InChI is InChI=1S/C20H26N2O5S/c1-4-10-27-19-12-21-16(11-18(19)23)13-28(25)14(3)20(24)22-15-6-8-17(9-7-15)26-5-2/h6-9,11-12,14H,4-5,10,13H2,1-3H3,(H,21,23)(H,22,24). The first-order valence-corrected chi connectivity index (χ1v) is 10.6. The molecule has 1 aromatic carbocycles. The fourth-order valence-corrected chi connectivity index (χ4v) is 3.37. The summed E-state index contributed by atoms with van der Waals surface area (Å²) in [5.41, 5.74) is 0.821. The molecule has 0 radical (unpaired) electrons. The molecular weight excluding hydrogens is 380 g/mol. The zero-order valence-corrected chi connectivity index (χ0v) is 17.1. The van der Waals surface area contributed by atoms with Crippen molar-refractivity contribution in [1.82, 2.24) is 4.98 Å². The lowest BCUT2D eigenvalue weighted by Crippen LogP contribution is -2.30. The van der Waals surface area contributed by atoms with E-state index in [9.17, 15) is 13.8 Å². The van der Waals surface area contributed by atoms with Gasteiger partial charge in [-0.15, -0.1) is 0 Å². The first-order valence-electron chi connectivity index (χ1n) is 9.19. The minimum atomic E-state index is -1.49. The maximum atomic E-state index is 12.5. The summed E-state index contributed by atoms with van der Waals surface area (Å²) < 4.78 is 23.2. The van der Waals surface area contributed by atoms with Gasteiger partial charge in [0.25, 0.3) is 0 Å². The van der Waals surface area contributed by atoms with Crippen LogP contribution in [0, 0.1) is 0 Å². The molecule has 7 nitrogen and oxygen atoms in total. The van der Waals surface area contributed by atoms with E-state index in [0.717, 1.165) is 6.42 Å². The summed E-state index contributed by atoms with van der Waals surface area (Å²) in [7, 11) is -1.49. The normalized spacial score (nSPS) is 12.8. The predicted molar refractivity (Wildman–Crippen MR) is 110 cm³/mol. The first-order chi connectivity index (χ1) is 13.4. The van der Waals surface area contributed by atoms with Crippen molar-refractivity contribution in [3.05, 3.63) is 52.4 Å². The van der Waals surface area contributed by atoms with Gasteiger partial charge in [0.05, 0.1) is 19.0 Å². The van der Waals surface area contributed by atoms with Crippen LogP contribution in [0.5, 0.6) is 11.5 Å². The number of pyridine rings is 1. The van der Waals surface area contributed by atoms with Gasteiger partial charge in [0.1, 0.15) is 11.0 Å². The van der Waals surface area contributed by atoms with E-state index in [0.29, 0.717) is 30.3 Å². The summed E-state index contributed by atoms with van der Waals surface area (Å²) in [4.78, 5) is 27.3. The van der Waals surface area contributed by atoms with Gasteiger partial charge < -0.3 is 19.8 Å². The molecular formula is C20H26N2O5S. The molecule has 1 amide bonds. The maximum Gasteiger partial charge on any atom is 0.239 e. The van der Waals surface area contributed by atoms with Gasteiger partial charge in [-0.2, -0.15) is 0 Å². The maximum absolute atomic E-state index is 12.5. The highest BCUT2D eigenvalue weighted by molar-refractivity contribution is 7.85. The summed E-state index contributed by atoms with van der Waals surface area (Å²) in [6.45, 7) is 6.46. The van der Waals surface area contributed by atoms with Crippen LogP contribution in [-0.4, -0.2) is 33.6 Å². The zero-order chi connectivity index (χ0) is 20.5. The minimum absolute atomic E-state index is 0.0706. The van der Waals surface area contributed by atoms with Gasteiger partial charge in [-0.1, -0.05) is 6.92 Å².